The second-order valence-corrected chi connectivity index (χ2v) is 7.78. The molecule has 0 aliphatic heterocycles. The van der Waals surface area contributed by atoms with E-state index in [9.17, 15) is 19.1 Å². The summed E-state index contributed by atoms with van der Waals surface area (Å²) in [5.74, 6) is -1.53. The van der Waals surface area contributed by atoms with Crippen molar-refractivity contribution < 1.29 is 28.9 Å². The number of benzene rings is 2. The van der Waals surface area contributed by atoms with E-state index in [1.165, 1.54) is 6.07 Å². The predicted octanol–water partition coefficient (Wildman–Crippen LogP) is 3.07. The van der Waals surface area contributed by atoms with Gasteiger partial charge in [-0.1, -0.05) is 30.3 Å². The van der Waals surface area contributed by atoms with Crippen LogP contribution in [0, 0.1) is 5.82 Å². The Morgan fingerprint density at radius 1 is 1.10 bits per heavy atom. The average Bonchev–Trinajstić information content (AvgIpc) is 2.73. The van der Waals surface area contributed by atoms with Crippen LogP contribution in [0.1, 0.15) is 47.2 Å². The van der Waals surface area contributed by atoms with Gasteiger partial charge in [-0.15, -0.1) is 0 Å². The minimum absolute atomic E-state index is 0.0534. The van der Waals surface area contributed by atoms with Gasteiger partial charge >= 0.3 is 5.97 Å². The zero-order valence-corrected chi connectivity index (χ0v) is 16.6. The van der Waals surface area contributed by atoms with Crippen molar-refractivity contribution in [2.24, 2.45) is 0 Å². The number of hydrogen-bond donors (Lipinski definition) is 3. The highest BCUT2D eigenvalue weighted by atomic mass is 19.1. The van der Waals surface area contributed by atoms with Gasteiger partial charge in [0, 0.05) is 17.7 Å². The molecule has 0 atom stereocenters. The van der Waals surface area contributed by atoms with Crippen LogP contribution < -0.4 is 5.32 Å². The SMILES string of the molecule is O=C(O)Cc1ccc(C(=O)NCC2(O)CCC(OCc3ccccc3F)CC2)cc1. The van der Waals surface area contributed by atoms with Gasteiger partial charge in [-0.05, 0) is 49.4 Å². The Morgan fingerprint density at radius 3 is 2.40 bits per heavy atom. The highest BCUT2D eigenvalue weighted by Gasteiger charge is 2.34. The maximum Gasteiger partial charge on any atom is 0.307 e. The van der Waals surface area contributed by atoms with Crippen molar-refractivity contribution in [3.8, 4) is 0 Å². The number of hydrogen-bond acceptors (Lipinski definition) is 4. The molecule has 1 amide bonds. The van der Waals surface area contributed by atoms with Crippen LogP contribution in [0.3, 0.4) is 0 Å². The lowest BCUT2D eigenvalue weighted by atomic mass is 9.83. The van der Waals surface area contributed by atoms with Crippen LogP contribution in [0.25, 0.3) is 0 Å². The second kappa shape index (κ2) is 9.82. The minimum atomic E-state index is -1.00. The third-order valence-electron chi connectivity index (χ3n) is 5.45. The van der Waals surface area contributed by atoms with Gasteiger partial charge in [0.25, 0.3) is 5.91 Å². The van der Waals surface area contributed by atoms with Gasteiger partial charge in [0.2, 0.25) is 0 Å². The van der Waals surface area contributed by atoms with E-state index >= 15 is 0 Å². The number of rotatable bonds is 8. The van der Waals surface area contributed by atoms with Crippen molar-refractivity contribution in [1.82, 2.24) is 5.32 Å². The van der Waals surface area contributed by atoms with Crippen molar-refractivity contribution in [1.29, 1.82) is 0 Å². The van der Waals surface area contributed by atoms with Crippen molar-refractivity contribution in [2.45, 2.75) is 50.4 Å². The van der Waals surface area contributed by atoms with Crippen molar-refractivity contribution in [2.75, 3.05) is 6.54 Å². The monoisotopic (exact) mass is 415 g/mol. The summed E-state index contributed by atoms with van der Waals surface area (Å²) in [4.78, 5) is 23.0. The van der Waals surface area contributed by atoms with Crippen LogP contribution in [0.15, 0.2) is 48.5 Å². The molecular formula is C23H26FNO5. The number of nitrogens with one attached hydrogen (secondary N) is 1. The first-order valence-corrected chi connectivity index (χ1v) is 10.0. The minimum Gasteiger partial charge on any atom is -0.481 e. The lowest BCUT2D eigenvalue weighted by Gasteiger charge is -2.36. The zero-order valence-electron chi connectivity index (χ0n) is 16.6. The molecule has 0 radical (unpaired) electrons. The molecule has 1 saturated carbocycles. The molecule has 0 aromatic heterocycles. The lowest BCUT2D eigenvalue weighted by Crippen LogP contribution is -2.46. The first-order chi connectivity index (χ1) is 14.3. The standard InChI is InChI=1S/C23H26FNO5/c24-20-4-2-1-3-18(20)14-30-19-9-11-23(29,12-10-19)15-25-22(28)17-7-5-16(6-8-17)13-21(26)27/h1-8,19,29H,9-15H2,(H,25,28)(H,26,27). The van der Waals surface area contributed by atoms with Gasteiger partial charge in [-0.25, -0.2) is 4.39 Å². The van der Waals surface area contributed by atoms with Gasteiger partial charge in [-0.2, -0.15) is 0 Å². The van der Waals surface area contributed by atoms with Gasteiger partial charge in [-0.3, -0.25) is 9.59 Å². The Bertz CT molecular complexity index is 875. The molecule has 2 aromatic carbocycles. The molecule has 0 heterocycles. The fourth-order valence-electron chi connectivity index (χ4n) is 3.59. The average molecular weight is 415 g/mol. The molecule has 0 saturated heterocycles. The normalized spacial score (nSPS) is 21.2. The van der Waals surface area contributed by atoms with Gasteiger partial charge < -0.3 is 20.3 Å². The molecule has 1 aliphatic carbocycles. The molecule has 30 heavy (non-hydrogen) atoms. The van der Waals surface area contributed by atoms with E-state index in [0.29, 0.717) is 42.4 Å². The van der Waals surface area contributed by atoms with Crippen LogP contribution in [0.5, 0.6) is 0 Å². The number of carboxylic acid groups (broad SMARTS) is 1. The van der Waals surface area contributed by atoms with Crippen molar-refractivity contribution in [3.05, 3.63) is 71.0 Å². The van der Waals surface area contributed by atoms with Gasteiger partial charge in [0.05, 0.1) is 24.7 Å². The van der Waals surface area contributed by atoms with Gasteiger partial charge in [0.1, 0.15) is 5.82 Å². The fraction of sp³-hybridized carbons (Fsp3) is 0.391. The van der Waals surface area contributed by atoms with Crippen molar-refractivity contribution >= 4 is 11.9 Å². The topological polar surface area (TPSA) is 95.9 Å². The summed E-state index contributed by atoms with van der Waals surface area (Å²) in [6.07, 6.45) is 2.07. The van der Waals surface area contributed by atoms with E-state index in [1.807, 2.05) is 0 Å². The molecular weight excluding hydrogens is 389 g/mol. The molecule has 3 rings (SSSR count). The third-order valence-corrected chi connectivity index (χ3v) is 5.45. The molecule has 0 spiro atoms. The van der Waals surface area contributed by atoms with Crippen LogP contribution in [-0.4, -0.2) is 40.3 Å². The quantitative estimate of drug-likeness (QED) is 0.616. The van der Waals surface area contributed by atoms with Gasteiger partial charge in [0.15, 0.2) is 0 Å². The Morgan fingerprint density at radius 2 is 1.77 bits per heavy atom. The van der Waals surface area contributed by atoms with E-state index in [4.69, 9.17) is 9.84 Å². The van der Waals surface area contributed by atoms with Crippen LogP contribution in [0.2, 0.25) is 0 Å². The van der Waals surface area contributed by atoms with Crippen LogP contribution in [-0.2, 0) is 22.6 Å². The van der Waals surface area contributed by atoms with E-state index in [2.05, 4.69) is 5.32 Å². The van der Waals surface area contributed by atoms with E-state index in [-0.39, 0.29) is 37.4 Å². The Kier molecular flexibility index (Phi) is 7.18. The maximum absolute atomic E-state index is 13.7. The largest absolute Gasteiger partial charge is 0.481 e. The number of aliphatic carboxylic acids is 1. The molecule has 3 N–H and O–H groups in total. The summed E-state index contributed by atoms with van der Waals surface area (Å²) in [5, 5.41) is 22.3. The number of carbonyl (C=O) groups is 2. The van der Waals surface area contributed by atoms with E-state index in [0.717, 1.165) is 0 Å². The Hall–Kier alpha value is -2.77. The number of ether oxygens (including phenoxy) is 1. The van der Waals surface area contributed by atoms with Crippen LogP contribution in [0.4, 0.5) is 4.39 Å². The number of carboxylic acids is 1. The molecule has 0 bridgehead atoms. The summed E-state index contributed by atoms with van der Waals surface area (Å²) in [6, 6.07) is 12.9. The molecule has 0 unspecified atom stereocenters. The second-order valence-electron chi connectivity index (χ2n) is 7.78. The number of carbonyl (C=O) groups excluding carboxylic acids is 1. The Labute approximate surface area is 174 Å². The summed E-state index contributed by atoms with van der Waals surface area (Å²) in [5.41, 5.74) is 0.539. The summed E-state index contributed by atoms with van der Waals surface area (Å²) in [7, 11) is 0. The Balaban J connectivity index is 1.43. The first kappa shape index (κ1) is 21.9. The molecule has 1 fully saturated rings. The molecule has 2 aromatic rings. The summed E-state index contributed by atoms with van der Waals surface area (Å²) in [6.45, 7) is 0.327. The van der Waals surface area contributed by atoms with E-state index in [1.54, 1.807) is 42.5 Å². The molecule has 1 aliphatic rings. The maximum atomic E-state index is 13.7. The lowest BCUT2D eigenvalue weighted by molar-refractivity contribution is -0.136. The van der Waals surface area contributed by atoms with Crippen molar-refractivity contribution in [3.63, 3.8) is 0 Å². The summed E-state index contributed by atoms with van der Waals surface area (Å²) < 4.78 is 19.5. The zero-order chi connectivity index (χ0) is 21.6. The number of aliphatic hydroxyl groups is 1. The third kappa shape index (κ3) is 6.11. The summed E-state index contributed by atoms with van der Waals surface area (Å²) >= 11 is 0. The number of halogens is 1. The highest BCUT2D eigenvalue weighted by Crippen LogP contribution is 2.30. The predicted molar refractivity (Wildman–Crippen MR) is 109 cm³/mol. The first-order valence-electron chi connectivity index (χ1n) is 10.0. The molecule has 7 heteroatoms. The van der Waals surface area contributed by atoms with E-state index < -0.39 is 11.6 Å². The highest BCUT2D eigenvalue weighted by molar-refractivity contribution is 5.94. The molecule has 160 valence electrons. The molecule has 6 nitrogen and oxygen atoms in total. The fourth-order valence-corrected chi connectivity index (χ4v) is 3.59. The number of amides is 1. The smallest absolute Gasteiger partial charge is 0.307 e. The van der Waals surface area contributed by atoms with Crippen LogP contribution >= 0.6 is 0 Å².